The van der Waals surface area contributed by atoms with E-state index in [1.807, 2.05) is 12.3 Å². The molecule has 0 aliphatic heterocycles. The minimum absolute atomic E-state index is 0.0793. The molecule has 0 fully saturated rings. The second kappa shape index (κ2) is 11.5. The number of nitrogens with zero attached hydrogens (tertiary/aromatic N) is 1. The van der Waals surface area contributed by atoms with Crippen LogP contribution >= 0.6 is 0 Å². The number of ether oxygens (including phenoxy) is 1. The summed E-state index contributed by atoms with van der Waals surface area (Å²) in [5, 5.41) is 9.74. The van der Waals surface area contributed by atoms with Crippen molar-refractivity contribution in [3.05, 3.63) is 30.0 Å². The molecule has 1 aromatic carbocycles. The molecule has 2 rings (SSSR count). The van der Waals surface area contributed by atoms with Crippen molar-refractivity contribution in [2.45, 2.75) is 58.8 Å². The van der Waals surface area contributed by atoms with Crippen LogP contribution in [0, 0.1) is 0 Å². The molecular formula is C22H32N2O4. The lowest BCUT2D eigenvalue weighted by atomic mass is 10.1. The average molecular weight is 389 g/mol. The van der Waals surface area contributed by atoms with Gasteiger partial charge in [0.25, 0.3) is 0 Å². The average Bonchev–Trinajstić information content (AvgIpc) is 3.08. The van der Waals surface area contributed by atoms with Crippen molar-refractivity contribution in [2.24, 2.45) is 0 Å². The van der Waals surface area contributed by atoms with Gasteiger partial charge in [-0.15, -0.1) is 0 Å². The van der Waals surface area contributed by atoms with E-state index in [1.165, 1.54) is 5.56 Å². The zero-order valence-corrected chi connectivity index (χ0v) is 17.0. The van der Waals surface area contributed by atoms with Crippen LogP contribution in [0.25, 0.3) is 10.9 Å². The summed E-state index contributed by atoms with van der Waals surface area (Å²) in [5.74, 6) is -0.634. The smallest absolute Gasteiger partial charge is 0.311 e. The molecule has 28 heavy (non-hydrogen) atoms. The largest absolute Gasteiger partial charge is 0.481 e. The Morgan fingerprint density at radius 2 is 1.79 bits per heavy atom. The number of carboxylic acids is 1. The molecule has 1 heterocycles. The molecular weight excluding hydrogens is 356 g/mol. The summed E-state index contributed by atoms with van der Waals surface area (Å²) in [6.45, 7) is 7.65. The highest BCUT2D eigenvalue weighted by Gasteiger charge is 2.13. The molecule has 0 saturated carbocycles. The van der Waals surface area contributed by atoms with Gasteiger partial charge in [0.1, 0.15) is 0 Å². The number of hydrogen-bond acceptors (Lipinski definition) is 4. The highest BCUT2D eigenvalue weighted by atomic mass is 16.5. The van der Waals surface area contributed by atoms with E-state index < -0.39 is 5.97 Å². The fourth-order valence-electron chi connectivity index (χ4n) is 3.44. The number of aromatic amines is 1. The number of hydrogen-bond donors (Lipinski definition) is 2. The van der Waals surface area contributed by atoms with Gasteiger partial charge >= 0.3 is 11.9 Å². The van der Waals surface area contributed by atoms with Gasteiger partial charge in [-0.3, -0.25) is 9.59 Å². The van der Waals surface area contributed by atoms with E-state index in [1.54, 1.807) is 6.07 Å². The molecule has 0 radical (unpaired) electrons. The summed E-state index contributed by atoms with van der Waals surface area (Å²) in [6.07, 6.45) is 6.56. The molecule has 154 valence electrons. The van der Waals surface area contributed by atoms with Crippen LogP contribution < -0.4 is 4.74 Å². The lowest BCUT2D eigenvalue weighted by molar-refractivity contribution is -0.138. The summed E-state index contributed by atoms with van der Waals surface area (Å²) in [6, 6.07) is 5.75. The number of para-hydroxylation sites is 1. The molecule has 6 nitrogen and oxygen atoms in total. The Kier molecular flexibility index (Phi) is 9.01. The van der Waals surface area contributed by atoms with Crippen molar-refractivity contribution in [1.29, 1.82) is 0 Å². The maximum atomic E-state index is 12.1. The van der Waals surface area contributed by atoms with E-state index in [9.17, 15) is 9.59 Å². The molecule has 6 heteroatoms. The van der Waals surface area contributed by atoms with Crippen LogP contribution in [0.4, 0.5) is 0 Å². The van der Waals surface area contributed by atoms with Gasteiger partial charge < -0.3 is 19.7 Å². The molecule has 2 aromatic rings. The second-order valence-electron chi connectivity index (χ2n) is 7.16. The van der Waals surface area contributed by atoms with Gasteiger partial charge in [0, 0.05) is 31.0 Å². The summed E-state index contributed by atoms with van der Waals surface area (Å²) >= 11 is 0. The molecule has 2 N–H and O–H groups in total. The van der Waals surface area contributed by atoms with Gasteiger partial charge in [0.15, 0.2) is 5.75 Å². The zero-order chi connectivity index (χ0) is 20.4. The van der Waals surface area contributed by atoms with Crippen LogP contribution in [0.1, 0.15) is 57.9 Å². The Bertz CT molecular complexity index is 763. The van der Waals surface area contributed by atoms with Gasteiger partial charge in [-0.2, -0.15) is 0 Å². The van der Waals surface area contributed by atoms with Crippen molar-refractivity contribution in [3.63, 3.8) is 0 Å². The van der Waals surface area contributed by atoms with E-state index in [-0.39, 0.29) is 18.8 Å². The van der Waals surface area contributed by atoms with Crippen LogP contribution in [-0.2, 0) is 16.0 Å². The number of carboxylic acid groups (broad SMARTS) is 1. The molecule has 0 aliphatic carbocycles. The Morgan fingerprint density at radius 3 is 2.46 bits per heavy atom. The highest BCUT2D eigenvalue weighted by molar-refractivity contribution is 5.90. The minimum atomic E-state index is -0.839. The predicted molar refractivity (Wildman–Crippen MR) is 111 cm³/mol. The number of unbranched alkanes of at least 4 members (excludes halogenated alkanes) is 1. The molecule has 0 bridgehead atoms. The van der Waals surface area contributed by atoms with Crippen LogP contribution in [0.15, 0.2) is 24.4 Å². The Balaban J connectivity index is 1.97. The van der Waals surface area contributed by atoms with E-state index >= 15 is 0 Å². The molecule has 0 atom stereocenters. The number of esters is 1. The van der Waals surface area contributed by atoms with Crippen molar-refractivity contribution >= 4 is 22.8 Å². The number of aliphatic carboxylic acids is 1. The third-order valence-electron chi connectivity index (χ3n) is 4.79. The van der Waals surface area contributed by atoms with Gasteiger partial charge in [0.05, 0.1) is 5.52 Å². The van der Waals surface area contributed by atoms with Gasteiger partial charge in [-0.1, -0.05) is 26.0 Å². The number of nitrogens with one attached hydrogen (secondary N) is 1. The fraction of sp³-hybridized carbons (Fsp3) is 0.545. The molecule has 0 saturated heterocycles. The molecule has 0 spiro atoms. The number of carbonyl (C=O) groups excluding carboxylic acids is 1. The zero-order valence-electron chi connectivity index (χ0n) is 17.0. The first-order valence-electron chi connectivity index (χ1n) is 10.3. The number of benzene rings is 1. The number of rotatable bonds is 13. The molecule has 0 unspecified atom stereocenters. The summed E-state index contributed by atoms with van der Waals surface area (Å²) in [4.78, 5) is 28.3. The highest BCUT2D eigenvalue weighted by Crippen LogP contribution is 2.28. The monoisotopic (exact) mass is 388 g/mol. The predicted octanol–water partition coefficient (Wildman–Crippen LogP) is 4.38. The van der Waals surface area contributed by atoms with Crippen LogP contribution in [0.2, 0.25) is 0 Å². The quantitative estimate of drug-likeness (QED) is 0.302. The van der Waals surface area contributed by atoms with Gasteiger partial charge in [0.2, 0.25) is 0 Å². The normalized spacial score (nSPS) is 11.2. The third kappa shape index (κ3) is 6.68. The van der Waals surface area contributed by atoms with Crippen LogP contribution in [0.3, 0.4) is 0 Å². The van der Waals surface area contributed by atoms with E-state index in [0.717, 1.165) is 49.8 Å². The van der Waals surface area contributed by atoms with E-state index in [0.29, 0.717) is 18.6 Å². The lowest BCUT2D eigenvalue weighted by Crippen LogP contribution is -2.27. The number of H-pyrrole nitrogens is 1. The Morgan fingerprint density at radius 1 is 1.07 bits per heavy atom. The van der Waals surface area contributed by atoms with E-state index in [4.69, 9.17) is 9.84 Å². The van der Waals surface area contributed by atoms with Crippen molar-refractivity contribution in [1.82, 2.24) is 9.88 Å². The molecule has 0 aliphatic rings. The standard InChI is InChI=1S/C22H32N2O4/c1-3-13-24(14-4-2)15-12-17-16-23-22-18(17)8-7-9-19(22)28-21(27)11-6-5-10-20(25)26/h7-9,16,23H,3-6,10-15H2,1-2H3,(H,25,26). The van der Waals surface area contributed by atoms with Gasteiger partial charge in [-0.25, -0.2) is 0 Å². The topological polar surface area (TPSA) is 82.6 Å². The Hall–Kier alpha value is -2.34. The fourth-order valence-corrected chi connectivity index (χ4v) is 3.44. The number of fused-ring (bicyclic) bond motifs is 1. The van der Waals surface area contributed by atoms with Crippen molar-refractivity contribution in [3.8, 4) is 5.75 Å². The maximum Gasteiger partial charge on any atom is 0.311 e. The van der Waals surface area contributed by atoms with Gasteiger partial charge in [-0.05, 0) is 56.8 Å². The molecule has 1 aromatic heterocycles. The minimum Gasteiger partial charge on any atom is -0.481 e. The first-order valence-corrected chi connectivity index (χ1v) is 10.3. The number of aromatic nitrogens is 1. The Labute approximate surface area is 166 Å². The second-order valence-corrected chi connectivity index (χ2v) is 7.16. The summed E-state index contributed by atoms with van der Waals surface area (Å²) in [5.41, 5.74) is 2.07. The van der Waals surface area contributed by atoms with Crippen LogP contribution in [-0.4, -0.2) is 46.6 Å². The lowest BCUT2D eigenvalue weighted by Gasteiger charge is -2.20. The third-order valence-corrected chi connectivity index (χ3v) is 4.79. The number of carbonyl (C=O) groups is 2. The SMILES string of the molecule is CCCN(CCC)CCc1c[nH]c2c(OC(=O)CCCCC(=O)O)cccc12. The summed E-state index contributed by atoms with van der Waals surface area (Å²) < 4.78 is 5.52. The first kappa shape index (κ1) is 22.0. The van der Waals surface area contributed by atoms with E-state index in [2.05, 4.69) is 29.8 Å². The van der Waals surface area contributed by atoms with Crippen molar-refractivity contribution in [2.75, 3.05) is 19.6 Å². The maximum absolute atomic E-state index is 12.1. The molecule has 0 amide bonds. The van der Waals surface area contributed by atoms with Crippen molar-refractivity contribution < 1.29 is 19.4 Å². The first-order chi connectivity index (χ1) is 13.5. The summed E-state index contributed by atoms with van der Waals surface area (Å²) in [7, 11) is 0. The van der Waals surface area contributed by atoms with Crippen LogP contribution in [0.5, 0.6) is 5.75 Å².